The van der Waals surface area contributed by atoms with Gasteiger partial charge in [-0.25, -0.2) is 8.42 Å². The number of rotatable bonds is 6. The molecule has 0 unspecified atom stereocenters. The molecule has 0 atom stereocenters. The van der Waals surface area contributed by atoms with Gasteiger partial charge in [-0.15, -0.1) is 0 Å². The summed E-state index contributed by atoms with van der Waals surface area (Å²) >= 11 is 9.22. The fourth-order valence-electron chi connectivity index (χ4n) is 2.00. The Morgan fingerprint density at radius 1 is 1.19 bits per heavy atom. The highest BCUT2D eigenvalue weighted by molar-refractivity contribution is 9.10. The van der Waals surface area contributed by atoms with Crippen molar-refractivity contribution in [3.63, 3.8) is 0 Å². The topological polar surface area (TPSA) is 63.4 Å². The molecular formula is C14H22BrClN2O2S. The molecule has 1 rings (SSSR count). The van der Waals surface area contributed by atoms with Crippen LogP contribution in [0.4, 0.5) is 5.69 Å². The molecule has 120 valence electrons. The number of sulfonamides is 1. The van der Waals surface area contributed by atoms with Gasteiger partial charge in [0.25, 0.3) is 0 Å². The lowest BCUT2D eigenvalue weighted by Crippen LogP contribution is -2.37. The lowest BCUT2D eigenvalue weighted by molar-refractivity contribution is 0.333. The Kier molecular flexibility index (Phi) is 6.53. The Bertz CT molecular complexity index is 593. The first-order valence-corrected chi connectivity index (χ1v) is 9.41. The Labute approximate surface area is 140 Å². The molecule has 0 aliphatic heterocycles. The second kappa shape index (κ2) is 7.31. The Morgan fingerprint density at radius 3 is 2.10 bits per heavy atom. The normalized spacial score (nSPS) is 12.6. The third kappa shape index (κ3) is 4.84. The molecule has 0 spiro atoms. The maximum absolute atomic E-state index is 12.9. The van der Waals surface area contributed by atoms with Crippen LogP contribution >= 0.6 is 27.5 Å². The monoisotopic (exact) mass is 396 g/mol. The molecule has 7 heteroatoms. The maximum atomic E-state index is 12.9. The van der Waals surface area contributed by atoms with Crippen molar-refractivity contribution < 1.29 is 8.42 Å². The van der Waals surface area contributed by atoms with Crippen LogP contribution in [0.1, 0.15) is 27.7 Å². The molecule has 2 N–H and O–H groups in total. The van der Waals surface area contributed by atoms with Crippen molar-refractivity contribution in [2.45, 2.75) is 32.6 Å². The smallest absolute Gasteiger partial charge is 0.244 e. The third-order valence-electron chi connectivity index (χ3n) is 2.79. The van der Waals surface area contributed by atoms with Crippen LogP contribution in [0.2, 0.25) is 5.02 Å². The summed E-state index contributed by atoms with van der Waals surface area (Å²) in [4.78, 5) is 0.119. The fourth-order valence-corrected chi connectivity index (χ4v) is 5.02. The van der Waals surface area contributed by atoms with Gasteiger partial charge in [0.05, 0.1) is 9.37 Å². The lowest BCUT2D eigenvalue weighted by Gasteiger charge is -2.26. The van der Waals surface area contributed by atoms with Crippen LogP contribution in [-0.4, -0.2) is 25.8 Å². The average molecular weight is 398 g/mol. The number of halogens is 2. The molecule has 0 aliphatic rings. The van der Waals surface area contributed by atoms with Gasteiger partial charge in [0.15, 0.2) is 0 Å². The van der Waals surface area contributed by atoms with Crippen molar-refractivity contribution in [3.8, 4) is 0 Å². The molecule has 0 aromatic heterocycles. The highest BCUT2D eigenvalue weighted by atomic mass is 79.9. The Morgan fingerprint density at radius 2 is 1.67 bits per heavy atom. The van der Waals surface area contributed by atoms with Crippen molar-refractivity contribution in [2.75, 3.05) is 18.8 Å². The standard InChI is InChI=1S/C14H22BrClN2O2S/c1-9(2)7-18(8-10(3)4)21(19,20)13-6-11(16)5-12(17)14(13)15/h5-6,9-10H,7-8,17H2,1-4H3. The van der Waals surface area contributed by atoms with E-state index in [2.05, 4.69) is 15.9 Å². The van der Waals surface area contributed by atoms with Gasteiger partial charge in [-0.2, -0.15) is 4.31 Å². The van der Waals surface area contributed by atoms with Gasteiger partial charge in [-0.1, -0.05) is 39.3 Å². The maximum Gasteiger partial charge on any atom is 0.244 e. The van der Waals surface area contributed by atoms with E-state index >= 15 is 0 Å². The molecular weight excluding hydrogens is 376 g/mol. The van der Waals surface area contributed by atoms with E-state index in [0.29, 0.717) is 28.3 Å². The summed E-state index contributed by atoms with van der Waals surface area (Å²) in [6.07, 6.45) is 0. The molecule has 0 saturated carbocycles. The first-order chi connectivity index (χ1) is 9.55. The quantitative estimate of drug-likeness (QED) is 0.738. The fraction of sp³-hybridized carbons (Fsp3) is 0.571. The van der Waals surface area contributed by atoms with E-state index < -0.39 is 10.0 Å². The van der Waals surface area contributed by atoms with E-state index in [0.717, 1.165) is 0 Å². The number of hydrogen-bond acceptors (Lipinski definition) is 3. The van der Waals surface area contributed by atoms with E-state index in [-0.39, 0.29) is 16.7 Å². The number of nitrogens with two attached hydrogens (primary N) is 1. The minimum absolute atomic E-state index is 0.119. The molecule has 0 amide bonds. The molecule has 0 aliphatic carbocycles. The molecule has 0 heterocycles. The van der Waals surface area contributed by atoms with Crippen LogP contribution in [0.5, 0.6) is 0 Å². The summed E-state index contributed by atoms with van der Waals surface area (Å²) in [6.45, 7) is 8.88. The molecule has 0 fully saturated rings. The lowest BCUT2D eigenvalue weighted by atomic mass is 10.2. The van der Waals surface area contributed by atoms with Crippen LogP contribution < -0.4 is 5.73 Å². The largest absolute Gasteiger partial charge is 0.398 e. The highest BCUT2D eigenvalue weighted by Crippen LogP contribution is 2.33. The van der Waals surface area contributed by atoms with E-state index in [1.165, 1.54) is 16.4 Å². The first kappa shape index (κ1) is 18.7. The number of nitrogen functional groups attached to an aromatic ring is 1. The van der Waals surface area contributed by atoms with Gasteiger partial charge in [-0.3, -0.25) is 0 Å². The summed E-state index contributed by atoms with van der Waals surface area (Å²) in [5, 5.41) is 0.309. The van der Waals surface area contributed by atoms with Crippen molar-refractivity contribution in [1.29, 1.82) is 0 Å². The van der Waals surface area contributed by atoms with Gasteiger partial charge < -0.3 is 5.73 Å². The summed E-state index contributed by atoms with van der Waals surface area (Å²) < 4.78 is 27.7. The van der Waals surface area contributed by atoms with Gasteiger partial charge >= 0.3 is 0 Å². The molecule has 1 aromatic carbocycles. The summed E-state index contributed by atoms with van der Waals surface area (Å²) in [7, 11) is -3.64. The molecule has 0 bridgehead atoms. The SMILES string of the molecule is CC(C)CN(CC(C)C)S(=O)(=O)c1cc(Cl)cc(N)c1Br. The summed E-state index contributed by atoms with van der Waals surface area (Å²) in [5.41, 5.74) is 6.12. The number of benzene rings is 1. The van der Waals surface area contributed by atoms with Crippen molar-refractivity contribution >= 4 is 43.2 Å². The molecule has 21 heavy (non-hydrogen) atoms. The van der Waals surface area contributed by atoms with E-state index in [1.54, 1.807) is 0 Å². The van der Waals surface area contributed by atoms with E-state index in [1.807, 2.05) is 27.7 Å². The minimum atomic E-state index is -3.64. The van der Waals surface area contributed by atoms with Gasteiger partial charge in [-0.05, 0) is 39.9 Å². The molecule has 0 radical (unpaired) electrons. The Balaban J connectivity index is 3.35. The van der Waals surface area contributed by atoms with Crippen molar-refractivity contribution in [2.24, 2.45) is 11.8 Å². The molecule has 0 saturated heterocycles. The van der Waals surface area contributed by atoms with Crippen LogP contribution in [0.3, 0.4) is 0 Å². The van der Waals surface area contributed by atoms with E-state index in [4.69, 9.17) is 17.3 Å². The van der Waals surface area contributed by atoms with Crippen molar-refractivity contribution in [1.82, 2.24) is 4.31 Å². The molecule has 1 aromatic rings. The van der Waals surface area contributed by atoms with E-state index in [9.17, 15) is 8.42 Å². The second-order valence-corrected chi connectivity index (χ2v) is 9.05. The van der Waals surface area contributed by atoms with Crippen LogP contribution in [-0.2, 0) is 10.0 Å². The van der Waals surface area contributed by atoms with Gasteiger partial charge in [0, 0.05) is 23.8 Å². The van der Waals surface area contributed by atoms with Crippen LogP contribution in [0, 0.1) is 11.8 Å². The second-order valence-electron chi connectivity index (χ2n) is 5.92. The number of hydrogen-bond donors (Lipinski definition) is 1. The van der Waals surface area contributed by atoms with Crippen LogP contribution in [0.15, 0.2) is 21.5 Å². The Hall–Kier alpha value is -0.300. The zero-order chi connectivity index (χ0) is 16.4. The average Bonchev–Trinajstić information content (AvgIpc) is 2.31. The van der Waals surface area contributed by atoms with Gasteiger partial charge in [0.2, 0.25) is 10.0 Å². The summed E-state index contributed by atoms with van der Waals surface area (Å²) in [6, 6.07) is 2.96. The van der Waals surface area contributed by atoms with Crippen molar-refractivity contribution in [3.05, 3.63) is 21.6 Å². The zero-order valence-electron chi connectivity index (χ0n) is 12.7. The first-order valence-electron chi connectivity index (χ1n) is 6.80. The van der Waals surface area contributed by atoms with Gasteiger partial charge in [0.1, 0.15) is 0 Å². The molecule has 4 nitrogen and oxygen atoms in total. The summed E-state index contributed by atoms with van der Waals surface area (Å²) in [5.74, 6) is 0.461. The van der Waals surface area contributed by atoms with Crippen LogP contribution in [0.25, 0.3) is 0 Å². The predicted octanol–water partition coefficient (Wildman–Crippen LogP) is 3.99. The number of nitrogens with zero attached hydrogens (tertiary/aromatic N) is 1. The third-order valence-corrected chi connectivity index (χ3v) is 6.01. The number of anilines is 1. The highest BCUT2D eigenvalue weighted by Gasteiger charge is 2.29. The minimum Gasteiger partial charge on any atom is -0.398 e. The zero-order valence-corrected chi connectivity index (χ0v) is 15.9. The predicted molar refractivity (Wildman–Crippen MR) is 92.0 cm³/mol.